The van der Waals surface area contributed by atoms with E-state index in [1.165, 1.54) is 18.2 Å². The minimum atomic E-state index is -0.125. The first-order valence-electron chi connectivity index (χ1n) is 8.28. The molecule has 3 atom stereocenters. The highest BCUT2D eigenvalue weighted by Gasteiger charge is 2.33. The summed E-state index contributed by atoms with van der Waals surface area (Å²) < 4.78 is 7.61. The van der Waals surface area contributed by atoms with E-state index in [2.05, 4.69) is 37.9 Å². The topological polar surface area (TPSA) is 52.1 Å². The lowest BCUT2D eigenvalue weighted by Crippen LogP contribution is -2.36. The molecule has 23 heavy (non-hydrogen) atoms. The second-order valence-electron chi connectivity index (χ2n) is 6.41. The Kier molecular flexibility index (Phi) is 7.69. The summed E-state index contributed by atoms with van der Waals surface area (Å²) in [7, 11) is 0. The molecule has 1 aromatic rings. The fourth-order valence-electron chi connectivity index (χ4n) is 3.01. The molecule has 0 amide bonds. The summed E-state index contributed by atoms with van der Waals surface area (Å²) in [5.74, 6) is 2.88. The number of carbonyl (C=O) groups is 1. The van der Waals surface area contributed by atoms with Crippen LogP contribution in [0.5, 0.6) is 0 Å². The Morgan fingerprint density at radius 3 is 2.65 bits per heavy atom. The zero-order valence-corrected chi connectivity index (χ0v) is 16.7. The third-order valence-electron chi connectivity index (χ3n) is 4.21. The molecule has 1 aliphatic carbocycles. The molecular formula is C16H26N2O2S3. The van der Waals surface area contributed by atoms with Gasteiger partial charge in [-0.2, -0.15) is 0 Å². The molecule has 0 radical (unpaired) electrons. The third kappa shape index (κ3) is 5.94. The zero-order valence-electron chi connectivity index (χ0n) is 14.3. The number of hydrogen-bond acceptors (Lipinski definition) is 7. The maximum absolute atomic E-state index is 12.2. The van der Waals surface area contributed by atoms with Crippen molar-refractivity contribution in [1.82, 2.24) is 10.2 Å². The molecule has 1 heterocycles. The van der Waals surface area contributed by atoms with Crippen LogP contribution in [0, 0.1) is 17.8 Å². The van der Waals surface area contributed by atoms with Crippen molar-refractivity contribution in [1.29, 1.82) is 0 Å². The molecule has 7 heteroatoms. The number of carbonyl (C=O) groups excluding carboxylic acids is 1. The van der Waals surface area contributed by atoms with Gasteiger partial charge in [0.2, 0.25) is 0 Å². The number of ether oxygens (including phenoxy) is 1. The van der Waals surface area contributed by atoms with Gasteiger partial charge in [0.15, 0.2) is 8.68 Å². The highest BCUT2D eigenvalue weighted by atomic mass is 32.2. The largest absolute Gasteiger partial charge is 0.461 e. The smallest absolute Gasteiger partial charge is 0.316 e. The molecule has 0 bridgehead atoms. The Morgan fingerprint density at radius 2 is 2.00 bits per heavy atom. The summed E-state index contributed by atoms with van der Waals surface area (Å²) in [6, 6.07) is 0. The Bertz CT molecular complexity index is 507. The summed E-state index contributed by atoms with van der Waals surface area (Å²) >= 11 is 4.66. The average Bonchev–Trinajstić information content (AvgIpc) is 2.93. The van der Waals surface area contributed by atoms with Crippen LogP contribution in [0.15, 0.2) is 8.68 Å². The Hall–Kier alpha value is -0.270. The summed E-state index contributed by atoms with van der Waals surface area (Å²) in [6.07, 6.45) is 3.48. The molecular weight excluding hydrogens is 348 g/mol. The minimum Gasteiger partial charge on any atom is -0.461 e. The van der Waals surface area contributed by atoms with Crippen LogP contribution in [0.3, 0.4) is 0 Å². The van der Waals surface area contributed by atoms with Crippen molar-refractivity contribution in [3.63, 3.8) is 0 Å². The lowest BCUT2D eigenvalue weighted by molar-refractivity contribution is -0.152. The molecule has 0 N–H and O–H groups in total. The van der Waals surface area contributed by atoms with Gasteiger partial charge >= 0.3 is 5.97 Å². The lowest BCUT2D eigenvalue weighted by Gasteiger charge is -2.36. The maximum Gasteiger partial charge on any atom is 0.316 e. The van der Waals surface area contributed by atoms with Gasteiger partial charge in [-0.05, 0) is 36.3 Å². The van der Waals surface area contributed by atoms with Crippen LogP contribution in [-0.4, -0.2) is 33.8 Å². The normalized spacial score (nSPS) is 24.8. The van der Waals surface area contributed by atoms with Gasteiger partial charge in [-0.25, -0.2) is 0 Å². The van der Waals surface area contributed by atoms with E-state index in [-0.39, 0.29) is 12.1 Å². The fraction of sp³-hybridized carbons (Fsp3) is 0.812. The SMILES string of the molecule is CCSc1nnc(SCC(=O)OC2CC(C)CCC2C(C)C)s1. The molecule has 2 rings (SSSR count). The van der Waals surface area contributed by atoms with Crippen molar-refractivity contribution >= 4 is 40.8 Å². The molecule has 4 nitrogen and oxygen atoms in total. The van der Waals surface area contributed by atoms with Crippen molar-refractivity contribution in [2.75, 3.05) is 11.5 Å². The number of hydrogen-bond donors (Lipinski definition) is 0. The van der Waals surface area contributed by atoms with Crippen LogP contribution in [0.4, 0.5) is 0 Å². The maximum atomic E-state index is 12.2. The highest BCUT2D eigenvalue weighted by Crippen LogP contribution is 2.36. The molecule has 0 aromatic carbocycles. The van der Waals surface area contributed by atoms with Crippen LogP contribution in [0.25, 0.3) is 0 Å². The molecule has 3 unspecified atom stereocenters. The summed E-state index contributed by atoms with van der Waals surface area (Å²) in [4.78, 5) is 12.2. The van der Waals surface area contributed by atoms with Gasteiger partial charge in [-0.15, -0.1) is 10.2 Å². The fourth-order valence-corrected chi connectivity index (χ4v) is 5.71. The lowest BCUT2D eigenvalue weighted by atomic mass is 9.75. The van der Waals surface area contributed by atoms with Gasteiger partial charge in [0.25, 0.3) is 0 Å². The average molecular weight is 375 g/mol. The van der Waals surface area contributed by atoms with Crippen molar-refractivity contribution < 1.29 is 9.53 Å². The number of thioether (sulfide) groups is 2. The van der Waals surface area contributed by atoms with E-state index in [9.17, 15) is 4.79 Å². The van der Waals surface area contributed by atoms with E-state index >= 15 is 0 Å². The Morgan fingerprint density at radius 1 is 1.30 bits per heavy atom. The number of nitrogens with zero attached hydrogens (tertiary/aromatic N) is 2. The quantitative estimate of drug-likeness (QED) is 0.507. The van der Waals surface area contributed by atoms with Crippen LogP contribution in [0.2, 0.25) is 0 Å². The standard InChI is InChI=1S/C16H26N2O2S3/c1-5-21-15-17-18-16(23-15)22-9-14(19)20-13-8-11(4)6-7-12(13)10(2)3/h10-13H,5-9H2,1-4H3. The van der Waals surface area contributed by atoms with Crippen molar-refractivity contribution in [3.05, 3.63) is 0 Å². The molecule has 1 aliphatic rings. The van der Waals surface area contributed by atoms with E-state index in [4.69, 9.17) is 4.74 Å². The van der Waals surface area contributed by atoms with Gasteiger partial charge in [0.05, 0.1) is 5.75 Å². The van der Waals surface area contributed by atoms with Gasteiger partial charge in [0, 0.05) is 0 Å². The van der Waals surface area contributed by atoms with Gasteiger partial charge in [-0.3, -0.25) is 4.79 Å². The molecule has 1 aromatic heterocycles. The van der Waals surface area contributed by atoms with Gasteiger partial charge < -0.3 is 4.74 Å². The zero-order chi connectivity index (χ0) is 16.8. The van der Waals surface area contributed by atoms with Crippen LogP contribution in [0.1, 0.15) is 47.0 Å². The molecule has 0 spiro atoms. The molecule has 130 valence electrons. The van der Waals surface area contributed by atoms with Crippen LogP contribution in [-0.2, 0) is 9.53 Å². The van der Waals surface area contributed by atoms with E-state index in [0.717, 1.165) is 27.3 Å². The first kappa shape index (κ1) is 19.1. The van der Waals surface area contributed by atoms with Crippen molar-refractivity contribution in [3.8, 4) is 0 Å². The third-order valence-corrected chi connectivity index (χ3v) is 7.26. The second-order valence-corrected chi connectivity index (χ2v) is 10.1. The first-order chi connectivity index (χ1) is 11.0. The molecule has 1 saturated carbocycles. The van der Waals surface area contributed by atoms with E-state index in [0.29, 0.717) is 23.5 Å². The van der Waals surface area contributed by atoms with E-state index in [1.807, 2.05) is 0 Å². The van der Waals surface area contributed by atoms with Crippen LogP contribution < -0.4 is 0 Å². The summed E-state index contributed by atoms with van der Waals surface area (Å²) in [5, 5.41) is 8.21. The van der Waals surface area contributed by atoms with Gasteiger partial charge in [0.1, 0.15) is 6.10 Å². The summed E-state index contributed by atoms with van der Waals surface area (Å²) in [5.41, 5.74) is 0. The van der Waals surface area contributed by atoms with Gasteiger partial charge in [-0.1, -0.05) is 69.0 Å². The molecule has 1 fully saturated rings. The molecule has 0 saturated heterocycles. The monoisotopic (exact) mass is 374 g/mol. The van der Waals surface area contributed by atoms with Crippen molar-refractivity contribution in [2.45, 2.75) is 61.7 Å². The number of esters is 1. The number of rotatable bonds is 7. The van der Waals surface area contributed by atoms with E-state index < -0.39 is 0 Å². The second kappa shape index (κ2) is 9.28. The Labute approximate surface area is 151 Å². The van der Waals surface area contributed by atoms with Crippen LogP contribution >= 0.6 is 34.9 Å². The summed E-state index contributed by atoms with van der Waals surface area (Å²) in [6.45, 7) is 8.79. The minimum absolute atomic E-state index is 0.0764. The van der Waals surface area contributed by atoms with E-state index in [1.54, 1.807) is 23.1 Å². The Balaban J connectivity index is 1.82. The highest BCUT2D eigenvalue weighted by molar-refractivity contribution is 8.03. The van der Waals surface area contributed by atoms with Crippen molar-refractivity contribution in [2.24, 2.45) is 17.8 Å². The molecule has 0 aliphatic heterocycles. The number of aromatic nitrogens is 2. The first-order valence-corrected chi connectivity index (χ1v) is 11.1. The predicted molar refractivity (Wildman–Crippen MR) is 98.3 cm³/mol. The predicted octanol–water partition coefficient (Wildman–Crippen LogP) is 4.75.